The SMILES string of the molecule is COc1ccc(S(=O)(=O)N2CCN(C(=O)[C@H]3CC(=O)N(c4cccc(OC)c4)C3)CC2)cc1. The summed E-state index contributed by atoms with van der Waals surface area (Å²) in [5, 5.41) is 0. The van der Waals surface area contributed by atoms with Crippen molar-refractivity contribution in [1.82, 2.24) is 9.21 Å². The van der Waals surface area contributed by atoms with E-state index in [1.807, 2.05) is 6.07 Å². The molecular weight excluding hydrogens is 446 g/mol. The van der Waals surface area contributed by atoms with Crippen molar-refractivity contribution in [3.05, 3.63) is 48.5 Å². The first kappa shape index (κ1) is 23.1. The summed E-state index contributed by atoms with van der Waals surface area (Å²) in [6.45, 7) is 1.30. The normalized spacial score (nSPS) is 19.6. The molecule has 2 aliphatic rings. The molecule has 2 aliphatic heterocycles. The largest absolute Gasteiger partial charge is 0.497 e. The van der Waals surface area contributed by atoms with Gasteiger partial charge in [-0.25, -0.2) is 8.42 Å². The zero-order valence-corrected chi connectivity index (χ0v) is 19.5. The zero-order chi connectivity index (χ0) is 23.6. The van der Waals surface area contributed by atoms with E-state index in [0.717, 1.165) is 0 Å². The smallest absolute Gasteiger partial charge is 0.243 e. The van der Waals surface area contributed by atoms with Gasteiger partial charge in [0, 0.05) is 50.9 Å². The van der Waals surface area contributed by atoms with E-state index in [1.165, 1.54) is 23.5 Å². The van der Waals surface area contributed by atoms with E-state index in [9.17, 15) is 18.0 Å². The number of piperazine rings is 1. The molecule has 0 aliphatic carbocycles. The van der Waals surface area contributed by atoms with Gasteiger partial charge in [-0.05, 0) is 36.4 Å². The minimum Gasteiger partial charge on any atom is -0.497 e. The van der Waals surface area contributed by atoms with Crippen molar-refractivity contribution in [3.63, 3.8) is 0 Å². The van der Waals surface area contributed by atoms with Crippen molar-refractivity contribution in [2.45, 2.75) is 11.3 Å². The van der Waals surface area contributed by atoms with Crippen molar-refractivity contribution in [2.24, 2.45) is 5.92 Å². The van der Waals surface area contributed by atoms with Crippen molar-refractivity contribution in [3.8, 4) is 11.5 Å². The first-order valence-electron chi connectivity index (χ1n) is 10.7. The summed E-state index contributed by atoms with van der Waals surface area (Å²) in [6.07, 6.45) is 0.139. The van der Waals surface area contributed by atoms with Crippen LogP contribution >= 0.6 is 0 Å². The van der Waals surface area contributed by atoms with Crippen LogP contribution in [0.15, 0.2) is 53.4 Å². The van der Waals surface area contributed by atoms with E-state index in [0.29, 0.717) is 23.7 Å². The number of ether oxygens (including phenoxy) is 2. The summed E-state index contributed by atoms with van der Waals surface area (Å²) in [5.74, 6) is 0.550. The third kappa shape index (κ3) is 4.67. The maximum absolute atomic E-state index is 13.1. The molecule has 4 rings (SSSR count). The fourth-order valence-electron chi connectivity index (χ4n) is 4.20. The van der Waals surface area contributed by atoms with E-state index in [-0.39, 0.29) is 49.3 Å². The Morgan fingerprint density at radius 1 is 0.939 bits per heavy atom. The van der Waals surface area contributed by atoms with Gasteiger partial charge in [-0.3, -0.25) is 9.59 Å². The lowest BCUT2D eigenvalue weighted by atomic mass is 10.1. The summed E-state index contributed by atoms with van der Waals surface area (Å²) in [7, 11) is -0.567. The Kier molecular flexibility index (Phi) is 6.57. The van der Waals surface area contributed by atoms with Crippen LogP contribution in [-0.2, 0) is 19.6 Å². The van der Waals surface area contributed by atoms with Crippen LogP contribution in [0.5, 0.6) is 11.5 Å². The third-order valence-corrected chi connectivity index (χ3v) is 8.00. The lowest BCUT2D eigenvalue weighted by Crippen LogP contribution is -2.52. The number of carbonyl (C=O) groups is 2. The van der Waals surface area contributed by atoms with Crippen LogP contribution < -0.4 is 14.4 Å². The zero-order valence-electron chi connectivity index (χ0n) is 18.6. The molecule has 0 radical (unpaired) electrons. The van der Waals surface area contributed by atoms with Crippen LogP contribution in [0.1, 0.15) is 6.42 Å². The minimum atomic E-state index is -3.65. The van der Waals surface area contributed by atoms with Crippen LogP contribution in [-0.4, -0.2) is 76.4 Å². The van der Waals surface area contributed by atoms with Gasteiger partial charge in [-0.15, -0.1) is 0 Å². The van der Waals surface area contributed by atoms with Gasteiger partial charge >= 0.3 is 0 Å². The maximum Gasteiger partial charge on any atom is 0.243 e. The van der Waals surface area contributed by atoms with Gasteiger partial charge in [0.2, 0.25) is 21.8 Å². The minimum absolute atomic E-state index is 0.109. The van der Waals surface area contributed by atoms with Gasteiger partial charge in [0.05, 0.1) is 25.0 Å². The second-order valence-corrected chi connectivity index (χ2v) is 9.95. The van der Waals surface area contributed by atoms with Crippen LogP contribution in [0.2, 0.25) is 0 Å². The van der Waals surface area contributed by atoms with Gasteiger partial charge in [-0.2, -0.15) is 4.31 Å². The van der Waals surface area contributed by atoms with Crippen molar-refractivity contribution >= 4 is 27.5 Å². The molecule has 2 fully saturated rings. The van der Waals surface area contributed by atoms with Gasteiger partial charge < -0.3 is 19.3 Å². The van der Waals surface area contributed by atoms with Crippen LogP contribution in [0.25, 0.3) is 0 Å². The highest BCUT2D eigenvalue weighted by molar-refractivity contribution is 7.89. The molecule has 33 heavy (non-hydrogen) atoms. The molecule has 0 spiro atoms. The molecule has 176 valence electrons. The number of carbonyl (C=O) groups excluding carboxylic acids is 2. The number of benzene rings is 2. The number of sulfonamides is 1. The summed E-state index contributed by atoms with van der Waals surface area (Å²) >= 11 is 0. The maximum atomic E-state index is 13.1. The fourth-order valence-corrected chi connectivity index (χ4v) is 5.63. The first-order chi connectivity index (χ1) is 15.8. The number of methoxy groups -OCH3 is 2. The molecule has 0 aromatic heterocycles. The number of nitrogens with zero attached hydrogens (tertiary/aromatic N) is 3. The molecular formula is C23H27N3O6S. The van der Waals surface area contributed by atoms with E-state index < -0.39 is 15.9 Å². The number of amides is 2. The molecule has 0 N–H and O–H groups in total. The Balaban J connectivity index is 1.37. The molecule has 10 heteroatoms. The Morgan fingerprint density at radius 2 is 1.61 bits per heavy atom. The average Bonchev–Trinajstić information content (AvgIpc) is 3.25. The Morgan fingerprint density at radius 3 is 2.24 bits per heavy atom. The molecule has 0 unspecified atom stereocenters. The topological polar surface area (TPSA) is 96.5 Å². The Hall–Kier alpha value is -3.11. The molecule has 2 saturated heterocycles. The van der Waals surface area contributed by atoms with E-state index >= 15 is 0 Å². The predicted molar refractivity (Wildman–Crippen MR) is 122 cm³/mol. The predicted octanol–water partition coefficient (Wildman–Crippen LogP) is 1.59. The van der Waals surface area contributed by atoms with Crippen molar-refractivity contribution in [1.29, 1.82) is 0 Å². The fraction of sp³-hybridized carbons (Fsp3) is 0.391. The summed E-state index contributed by atoms with van der Waals surface area (Å²) in [4.78, 5) is 29.1. The summed E-state index contributed by atoms with van der Waals surface area (Å²) in [6, 6.07) is 13.4. The molecule has 2 amide bonds. The van der Waals surface area contributed by atoms with E-state index in [4.69, 9.17) is 9.47 Å². The van der Waals surface area contributed by atoms with Crippen molar-refractivity contribution < 1.29 is 27.5 Å². The lowest BCUT2D eigenvalue weighted by Gasteiger charge is -2.35. The molecule has 0 saturated carbocycles. The highest BCUT2D eigenvalue weighted by Gasteiger charge is 2.39. The van der Waals surface area contributed by atoms with Gasteiger partial charge in [0.25, 0.3) is 0 Å². The number of rotatable bonds is 6. The Bertz CT molecular complexity index is 1130. The molecule has 1 atom stereocenters. The van der Waals surface area contributed by atoms with E-state index in [2.05, 4.69) is 0 Å². The molecule has 0 bridgehead atoms. The first-order valence-corrected chi connectivity index (χ1v) is 12.1. The number of hydrogen-bond acceptors (Lipinski definition) is 6. The highest BCUT2D eigenvalue weighted by atomic mass is 32.2. The highest BCUT2D eigenvalue weighted by Crippen LogP contribution is 2.29. The van der Waals surface area contributed by atoms with Gasteiger partial charge in [-0.1, -0.05) is 6.07 Å². The van der Waals surface area contributed by atoms with Gasteiger partial charge in [0.1, 0.15) is 11.5 Å². The molecule has 2 heterocycles. The second-order valence-electron chi connectivity index (χ2n) is 8.01. The van der Waals surface area contributed by atoms with E-state index in [1.54, 1.807) is 47.2 Å². The van der Waals surface area contributed by atoms with Crippen LogP contribution in [0.4, 0.5) is 5.69 Å². The van der Waals surface area contributed by atoms with Crippen molar-refractivity contribution in [2.75, 3.05) is 51.8 Å². The second kappa shape index (κ2) is 9.40. The Labute approximate surface area is 193 Å². The lowest BCUT2D eigenvalue weighted by molar-refractivity contribution is -0.136. The monoisotopic (exact) mass is 473 g/mol. The number of hydrogen-bond donors (Lipinski definition) is 0. The summed E-state index contributed by atoms with van der Waals surface area (Å²) < 4.78 is 37.6. The molecule has 2 aromatic carbocycles. The van der Waals surface area contributed by atoms with Crippen LogP contribution in [0, 0.1) is 5.92 Å². The number of anilines is 1. The average molecular weight is 474 g/mol. The van der Waals surface area contributed by atoms with Gasteiger partial charge in [0.15, 0.2) is 0 Å². The molecule has 9 nitrogen and oxygen atoms in total. The standard InChI is InChI=1S/C23H27N3O6S/c1-31-19-6-8-21(9-7-19)33(29,30)25-12-10-24(11-13-25)23(28)17-14-22(27)26(16-17)18-4-3-5-20(15-18)32-2/h3-9,15,17H,10-14,16H2,1-2H3/t17-/m0/s1. The third-order valence-electron chi connectivity index (χ3n) is 6.09. The quantitative estimate of drug-likeness (QED) is 0.632. The molecule has 2 aromatic rings. The van der Waals surface area contributed by atoms with Crippen LogP contribution in [0.3, 0.4) is 0 Å². The summed E-state index contributed by atoms with van der Waals surface area (Å²) in [5.41, 5.74) is 0.699.